The molecule has 0 radical (unpaired) electrons. The predicted molar refractivity (Wildman–Crippen MR) is 80.9 cm³/mol. The minimum Gasteiger partial charge on any atom is -0.393 e. The number of aliphatic hydroxyl groups excluding tert-OH is 1. The number of aliphatic hydroxyl groups is 1. The third-order valence-electron chi connectivity index (χ3n) is 3.72. The SMILES string of the molecule is CCN(C(C)=O)c1nc(CNCC2CCC(O)C2)cs1. The van der Waals surface area contributed by atoms with Gasteiger partial charge >= 0.3 is 0 Å². The van der Waals surface area contributed by atoms with Crippen LogP contribution in [0.25, 0.3) is 0 Å². The second-order valence-electron chi connectivity index (χ2n) is 5.35. The fourth-order valence-corrected chi connectivity index (χ4v) is 3.56. The summed E-state index contributed by atoms with van der Waals surface area (Å²) in [5.74, 6) is 0.605. The van der Waals surface area contributed by atoms with Crippen molar-refractivity contribution in [3.63, 3.8) is 0 Å². The summed E-state index contributed by atoms with van der Waals surface area (Å²) in [6.07, 6.45) is 2.83. The fraction of sp³-hybridized carbons (Fsp3) is 0.714. The Morgan fingerprint density at radius 2 is 2.40 bits per heavy atom. The van der Waals surface area contributed by atoms with E-state index in [4.69, 9.17) is 0 Å². The number of aromatic nitrogens is 1. The molecular formula is C14H23N3O2S. The Hall–Kier alpha value is -0.980. The Balaban J connectivity index is 1.79. The number of nitrogens with one attached hydrogen (secondary N) is 1. The van der Waals surface area contributed by atoms with Crippen LogP contribution in [0.2, 0.25) is 0 Å². The lowest BCUT2D eigenvalue weighted by Gasteiger charge is -2.14. The van der Waals surface area contributed by atoms with Gasteiger partial charge in [-0.3, -0.25) is 9.69 Å². The van der Waals surface area contributed by atoms with Gasteiger partial charge in [-0.15, -0.1) is 11.3 Å². The summed E-state index contributed by atoms with van der Waals surface area (Å²) in [7, 11) is 0. The van der Waals surface area contributed by atoms with Crippen LogP contribution in [0.15, 0.2) is 5.38 Å². The van der Waals surface area contributed by atoms with Crippen molar-refractivity contribution in [3.8, 4) is 0 Å². The molecule has 1 heterocycles. The maximum atomic E-state index is 11.5. The van der Waals surface area contributed by atoms with E-state index in [1.54, 1.807) is 11.8 Å². The molecule has 112 valence electrons. The standard InChI is InChI=1S/C14H23N3O2S/c1-3-17(10(2)18)14-16-12(9-20-14)8-15-7-11-4-5-13(19)6-11/h9,11,13,15,19H,3-8H2,1-2H3. The maximum absolute atomic E-state index is 11.5. The zero-order valence-electron chi connectivity index (χ0n) is 12.1. The Bertz CT molecular complexity index is 449. The average molecular weight is 297 g/mol. The van der Waals surface area contributed by atoms with Crippen LogP contribution in [0.1, 0.15) is 38.8 Å². The smallest absolute Gasteiger partial charge is 0.225 e. The van der Waals surface area contributed by atoms with Crippen LogP contribution in [-0.2, 0) is 11.3 Å². The van der Waals surface area contributed by atoms with Gasteiger partial charge in [-0.2, -0.15) is 0 Å². The maximum Gasteiger partial charge on any atom is 0.225 e. The van der Waals surface area contributed by atoms with Crippen molar-refractivity contribution in [1.82, 2.24) is 10.3 Å². The van der Waals surface area contributed by atoms with Crippen molar-refractivity contribution >= 4 is 22.4 Å². The highest BCUT2D eigenvalue weighted by Gasteiger charge is 2.22. The van der Waals surface area contributed by atoms with Gasteiger partial charge in [0.25, 0.3) is 0 Å². The van der Waals surface area contributed by atoms with Gasteiger partial charge in [0.15, 0.2) is 5.13 Å². The van der Waals surface area contributed by atoms with Crippen LogP contribution >= 0.6 is 11.3 Å². The normalized spacial score (nSPS) is 22.1. The van der Waals surface area contributed by atoms with E-state index in [1.807, 2.05) is 12.3 Å². The van der Waals surface area contributed by atoms with Gasteiger partial charge in [-0.05, 0) is 38.6 Å². The second-order valence-corrected chi connectivity index (χ2v) is 6.19. The number of carbonyl (C=O) groups is 1. The van der Waals surface area contributed by atoms with E-state index in [2.05, 4.69) is 10.3 Å². The quantitative estimate of drug-likeness (QED) is 0.840. The Morgan fingerprint density at radius 1 is 1.60 bits per heavy atom. The second kappa shape index (κ2) is 7.15. The molecule has 0 aromatic carbocycles. The molecule has 2 N–H and O–H groups in total. The van der Waals surface area contributed by atoms with Gasteiger partial charge in [0.05, 0.1) is 11.8 Å². The summed E-state index contributed by atoms with van der Waals surface area (Å²) >= 11 is 1.51. The number of nitrogens with zero attached hydrogens (tertiary/aromatic N) is 2. The number of amides is 1. The largest absolute Gasteiger partial charge is 0.393 e. The third kappa shape index (κ3) is 4.01. The third-order valence-corrected chi connectivity index (χ3v) is 4.63. The van der Waals surface area contributed by atoms with Gasteiger partial charge in [-0.1, -0.05) is 0 Å². The van der Waals surface area contributed by atoms with Gasteiger partial charge in [-0.25, -0.2) is 4.98 Å². The first kappa shape index (κ1) is 15.4. The van der Waals surface area contributed by atoms with Crippen LogP contribution < -0.4 is 10.2 Å². The molecule has 2 unspecified atom stereocenters. The molecule has 0 saturated heterocycles. The summed E-state index contributed by atoms with van der Waals surface area (Å²) < 4.78 is 0. The van der Waals surface area contributed by atoms with E-state index in [-0.39, 0.29) is 12.0 Å². The van der Waals surface area contributed by atoms with E-state index >= 15 is 0 Å². The van der Waals surface area contributed by atoms with E-state index in [0.29, 0.717) is 12.5 Å². The first-order valence-electron chi connectivity index (χ1n) is 7.21. The first-order chi connectivity index (χ1) is 9.60. The zero-order valence-corrected chi connectivity index (χ0v) is 12.9. The first-order valence-corrected chi connectivity index (χ1v) is 8.09. The van der Waals surface area contributed by atoms with Crippen LogP contribution in [-0.4, -0.2) is 35.2 Å². The molecular weight excluding hydrogens is 274 g/mol. The molecule has 1 fully saturated rings. The van der Waals surface area contributed by atoms with Crippen molar-refractivity contribution in [2.45, 2.75) is 45.8 Å². The highest BCUT2D eigenvalue weighted by molar-refractivity contribution is 7.14. The molecule has 20 heavy (non-hydrogen) atoms. The number of hydrogen-bond donors (Lipinski definition) is 2. The summed E-state index contributed by atoms with van der Waals surface area (Å²) in [5, 5.41) is 15.6. The molecule has 1 aliphatic rings. The molecule has 0 spiro atoms. The monoisotopic (exact) mass is 297 g/mol. The minimum absolute atomic E-state index is 0.0290. The van der Waals surface area contributed by atoms with Crippen molar-refractivity contribution in [1.29, 1.82) is 0 Å². The zero-order chi connectivity index (χ0) is 14.5. The lowest BCUT2D eigenvalue weighted by Crippen LogP contribution is -2.28. The lowest BCUT2D eigenvalue weighted by atomic mass is 10.1. The predicted octanol–water partition coefficient (Wildman–Crippen LogP) is 1.77. The Morgan fingerprint density at radius 3 is 3.00 bits per heavy atom. The van der Waals surface area contributed by atoms with Crippen molar-refractivity contribution in [2.24, 2.45) is 5.92 Å². The molecule has 2 atom stereocenters. The van der Waals surface area contributed by atoms with Crippen LogP contribution in [0.3, 0.4) is 0 Å². The molecule has 1 aliphatic carbocycles. The molecule has 1 amide bonds. The van der Waals surface area contributed by atoms with Gasteiger partial charge < -0.3 is 10.4 Å². The molecule has 1 aromatic rings. The molecule has 1 aromatic heterocycles. The summed E-state index contributed by atoms with van der Waals surface area (Å²) in [6.45, 7) is 5.81. The summed E-state index contributed by atoms with van der Waals surface area (Å²) in [4.78, 5) is 17.6. The lowest BCUT2D eigenvalue weighted by molar-refractivity contribution is -0.116. The van der Waals surface area contributed by atoms with Gasteiger partial charge in [0.1, 0.15) is 0 Å². The number of hydrogen-bond acceptors (Lipinski definition) is 5. The fourth-order valence-electron chi connectivity index (χ4n) is 2.63. The van der Waals surface area contributed by atoms with Crippen LogP contribution in [0, 0.1) is 5.92 Å². The van der Waals surface area contributed by atoms with Crippen LogP contribution in [0.5, 0.6) is 0 Å². The van der Waals surface area contributed by atoms with E-state index in [9.17, 15) is 9.90 Å². The average Bonchev–Trinajstić information content (AvgIpc) is 3.00. The number of rotatable bonds is 6. The van der Waals surface area contributed by atoms with E-state index in [1.165, 1.54) is 11.3 Å². The highest BCUT2D eigenvalue weighted by atomic mass is 32.1. The highest BCUT2D eigenvalue weighted by Crippen LogP contribution is 2.25. The summed E-state index contributed by atoms with van der Waals surface area (Å²) in [5.41, 5.74) is 0.975. The summed E-state index contributed by atoms with van der Waals surface area (Å²) in [6, 6.07) is 0. The topological polar surface area (TPSA) is 65.5 Å². The molecule has 5 nitrogen and oxygen atoms in total. The van der Waals surface area contributed by atoms with Crippen molar-refractivity contribution in [3.05, 3.63) is 11.1 Å². The van der Waals surface area contributed by atoms with Gasteiger partial charge in [0, 0.05) is 25.4 Å². The Kier molecular flexibility index (Phi) is 5.51. The molecule has 2 rings (SSSR count). The molecule has 0 bridgehead atoms. The van der Waals surface area contributed by atoms with Crippen molar-refractivity contribution < 1.29 is 9.90 Å². The van der Waals surface area contributed by atoms with E-state index in [0.717, 1.165) is 43.2 Å². The molecule has 6 heteroatoms. The number of carbonyl (C=O) groups excluding carboxylic acids is 1. The molecule has 1 saturated carbocycles. The number of anilines is 1. The van der Waals surface area contributed by atoms with Crippen molar-refractivity contribution in [2.75, 3.05) is 18.0 Å². The number of thiazole rings is 1. The van der Waals surface area contributed by atoms with E-state index < -0.39 is 0 Å². The molecule has 0 aliphatic heterocycles. The minimum atomic E-state index is -0.110. The van der Waals surface area contributed by atoms with Gasteiger partial charge in [0.2, 0.25) is 5.91 Å². The Labute approximate surface area is 124 Å². The van der Waals surface area contributed by atoms with Crippen LogP contribution in [0.4, 0.5) is 5.13 Å².